The smallest absolute Gasteiger partial charge is 0.192 e. The third kappa shape index (κ3) is 3.63. The maximum absolute atomic E-state index is 6.23. The van der Waals surface area contributed by atoms with Crippen molar-refractivity contribution >= 4 is 46.3 Å². The number of halogens is 2. The van der Waals surface area contributed by atoms with Crippen LogP contribution in [-0.4, -0.2) is 14.8 Å². The molecule has 3 nitrogen and oxygen atoms in total. The van der Waals surface area contributed by atoms with Crippen LogP contribution in [0.15, 0.2) is 53.5 Å². The molecule has 0 spiro atoms. The standard InChI is InChI=1S/C16H13Cl2N3S2/c1-2-8-21-15(14-7-4-9-22-14)19-20-16(21)23-10-11-12(17)5-3-6-13(11)18/h2-7,9H,1,8,10H2. The maximum Gasteiger partial charge on any atom is 0.192 e. The second-order valence-electron chi connectivity index (χ2n) is 4.67. The van der Waals surface area contributed by atoms with Crippen LogP contribution in [0.4, 0.5) is 0 Å². The van der Waals surface area contributed by atoms with Crippen molar-refractivity contribution in [1.29, 1.82) is 0 Å². The van der Waals surface area contributed by atoms with Gasteiger partial charge in [-0.2, -0.15) is 0 Å². The van der Waals surface area contributed by atoms with Gasteiger partial charge in [0.15, 0.2) is 11.0 Å². The monoisotopic (exact) mass is 381 g/mol. The van der Waals surface area contributed by atoms with Crippen molar-refractivity contribution in [3.05, 3.63) is 64.0 Å². The summed E-state index contributed by atoms with van der Waals surface area (Å²) in [5.74, 6) is 1.49. The van der Waals surface area contributed by atoms with Gasteiger partial charge in [0.2, 0.25) is 0 Å². The summed E-state index contributed by atoms with van der Waals surface area (Å²) in [7, 11) is 0. The summed E-state index contributed by atoms with van der Waals surface area (Å²) < 4.78 is 2.05. The normalized spacial score (nSPS) is 10.9. The fourth-order valence-corrected chi connectivity index (χ4v) is 4.49. The molecule has 0 amide bonds. The Hall–Kier alpha value is -1.27. The minimum absolute atomic E-state index is 0.637. The van der Waals surface area contributed by atoms with Crippen LogP contribution in [0.1, 0.15) is 5.56 Å². The molecule has 3 aromatic rings. The number of nitrogens with zero attached hydrogens (tertiary/aromatic N) is 3. The van der Waals surface area contributed by atoms with E-state index in [-0.39, 0.29) is 0 Å². The van der Waals surface area contributed by atoms with E-state index in [4.69, 9.17) is 23.2 Å². The lowest BCUT2D eigenvalue weighted by Gasteiger charge is -2.08. The highest BCUT2D eigenvalue weighted by Crippen LogP contribution is 2.33. The van der Waals surface area contributed by atoms with Gasteiger partial charge in [0.1, 0.15) is 0 Å². The zero-order valence-electron chi connectivity index (χ0n) is 12.1. The number of allylic oxidation sites excluding steroid dienone is 1. The lowest BCUT2D eigenvalue weighted by Crippen LogP contribution is -2.00. The average Bonchev–Trinajstić information content (AvgIpc) is 3.17. The summed E-state index contributed by atoms with van der Waals surface area (Å²) in [5, 5.41) is 12.8. The first kappa shape index (κ1) is 16.6. The van der Waals surface area contributed by atoms with E-state index in [1.807, 2.05) is 46.4 Å². The van der Waals surface area contributed by atoms with Crippen molar-refractivity contribution in [2.24, 2.45) is 0 Å². The molecule has 0 aliphatic heterocycles. The first-order valence-corrected chi connectivity index (χ1v) is 9.46. The van der Waals surface area contributed by atoms with E-state index in [0.717, 1.165) is 21.4 Å². The van der Waals surface area contributed by atoms with Crippen LogP contribution in [0.5, 0.6) is 0 Å². The Morgan fingerprint density at radius 3 is 2.61 bits per heavy atom. The van der Waals surface area contributed by atoms with Gasteiger partial charge >= 0.3 is 0 Å². The maximum atomic E-state index is 6.23. The van der Waals surface area contributed by atoms with Crippen LogP contribution in [-0.2, 0) is 12.3 Å². The van der Waals surface area contributed by atoms with Crippen LogP contribution in [0, 0.1) is 0 Å². The number of thiophene rings is 1. The lowest BCUT2D eigenvalue weighted by atomic mass is 10.2. The number of hydrogen-bond donors (Lipinski definition) is 0. The second kappa shape index (κ2) is 7.53. The van der Waals surface area contributed by atoms with E-state index in [1.165, 1.54) is 0 Å². The Morgan fingerprint density at radius 2 is 1.96 bits per heavy atom. The molecule has 3 rings (SSSR count). The largest absolute Gasteiger partial charge is 0.297 e. The van der Waals surface area contributed by atoms with Gasteiger partial charge in [-0.25, -0.2) is 0 Å². The van der Waals surface area contributed by atoms with Crippen molar-refractivity contribution in [3.8, 4) is 10.7 Å². The predicted octanol–water partition coefficient (Wildman–Crippen LogP) is 5.79. The molecule has 118 valence electrons. The molecule has 0 fully saturated rings. The van der Waals surface area contributed by atoms with Crippen LogP contribution >= 0.6 is 46.3 Å². The topological polar surface area (TPSA) is 30.7 Å². The molecule has 2 aromatic heterocycles. The highest BCUT2D eigenvalue weighted by molar-refractivity contribution is 7.98. The van der Waals surface area contributed by atoms with E-state index in [9.17, 15) is 0 Å². The summed E-state index contributed by atoms with van der Waals surface area (Å²) >= 11 is 15.7. The molecule has 0 saturated carbocycles. The molecule has 1 aromatic carbocycles. The van der Waals surface area contributed by atoms with E-state index in [2.05, 4.69) is 16.8 Å². The van der Waals surface area contributed by atoms with Gasteiger partial charge in [-0.05, 0) is 29.1 Å². The third-order valence-electron chi connectivity index (χ3n) is 3.18. The quantitative estimate of drug-likeness (QED) is 0.399. The molecule has 2 heterocycles. The summed E-state index contributed by atoms with van der Waals surface area (Å²) in [4.78, 5) is 1.09. The number of benzene rings is 1. The van der Waals surface area contributed by atoms with Gasteiger partial charge in [-0.1, -0.05) is 53.2 Å². The molecule has 23 heavy (non-hydrogen) atoms. The van der Waals surface area contributed by atoms with E-state index >= 15 is 0 Å². The first-order valence-electron chi connectivity index (χ1n) is 6.84. The molecule has 0 saturated heterocycles. The summed E-state index contributed by atoms with van der Waals surface area (Å²) in [6, 6.07) is 9.56. The van der Waals surface area contributed by atoms with E-state index in [0.29, 0.717) is 22.3 Å². The van der Waals surface area contributed by atoms with Gasteiger partial charge in [0, 0.05) is 22.3 Å². The number of rotatable bonds is 6. The minimum atomic E-state index is 0.637. The zero-order chi connectivity index (χ0) is 16.2. The number of aromatic nitrogens is 3. The summed E-state index contributed by atoms with van der Waals surface area (Å²) in [6.45, 7) is 4.47. The number of hydrogen-bond acceptors (Lipinski definition) is 4. The van der Waals surface area contributed by atoms with Gasteiger partial charge in [0.25, 0.3) is 0 Å². The van der Waals surface area contributed by atoms with E-state index < -0.39 is 0 Å². The van der Waals surface area contributed by atoms with Crippen LogP contribution in [0.25, 0.3) is 10.7 Å². The van der Waals surface area contributed by atoms with Crippen molar-refractivity contribution in [3.63, 3.8) is 0 Å². The van der Waals surface area contributed by atoms with Crippen LogP contribution < -0.4 is 0 Å². The summed E-state index contributed by atoms with van der Waals surface area (Å²) in [6.07, 6.45) is 1.84. The zero-order valence-corrected chi connectivity index (χ0v) is 15.2. The van der Waals surface area contributed by atoms with Crippen molar-refractivity contribution in [1.82, 2.24) is 14.8 Å². The molecule has 7 heteroatoms. The highest BCUT2D eigenvalue weighted by atomic mass is 35.5. The lowest BCUT2D eigenvalue weighted by molar-refractivity contribution is 0.732. The van der Waals surface area contributed by atoms with Gasteiger partial charge in [-0.3, -0.25) is 4.57 Å². The third-order valence-corrected chi connectivity index (χ3v) is 5.74. The Labute approximate surface area is 153 Å². The van der Waals surface area contributed by atoms with Gasteiger partial charge in [0.05, 0.1) is 4.88 Å². The van der Waals surface area contributed by atoms with Crippen LogP contribution in [0.3, 0.4) is 0 Å². The minimum Gasteiger partial charge on any atom is -0.297 e. The fraction of sp³-hybridized carbons (Fsp3) is 0.125. The first-order chi connectivity index (χ1) is 11.2. The molecular weight excluding hydrogens is 369 g/mol. The Kier molecular flexibility index (Phi) is 5.43. The molecular formula is C16H13Cl2N3S2. The Bertz CT molecular complexity index is 793. The predicted molar refractivity (Wildman–Crippen MR) is 99.6 cm³/mol. The molecule has 0 bridgehead atoms. The Morgan fingerprint density at radius 1 is 1.17 bits per heavy atom. The Balaban J connectivity index is 1.87. The SMILES string of the molecule is C=CCn1c(SCc2c(Cl)cccc2Cl)nnc1-c1cccs1. The average molecular weight is 382 g/mol. The van der Waals surface area contributed by atoms with Gasteiger partial charge in [-0.15, -0.1) is 28.1 Å². The summed E-state index contributed by atoms with van der Waals surface area (Å²) in [5.41, 5.74) is 0.909. The molecule has 0 radical (unpaired) electrons. The van der Waals surface area contributed by atoms with Gasteiger partial charge < -0.3 is 0 Å². The fourth-order valence-electron chi connectivity index (χ4n) is 2.08. The number of thioether (sulfide) groups is 1. The van der Waals surface area contributed by atoms with Crippen molar-refractivity contribution < 1.29 is 0 Å². The van der Waals surface area contributed by atoms with Crippen molar-refractivity contribution in [2.75, 3.05) is 0 Å². The molecule has 0 aliphatic rings. The second-order valence-corrected chi connectivity index (χ2v) is 7.38. The molecule has 0 atom stereocenters. The molecule has 0 unspecified atom stereocenters. The highest BCUT2D eigenvalue weighted by Gasteiger charge is 2.15. The van der Waals surface area contributed by atoms with Crippen LogP contribution in [0.2, 0.25) is 10.0 Å². The van der Waals surface area contributed by atoms with E-state index in [1.54, 1.807) is 23.1 Å². The molecule has 0 aliphatic carbocycles. The molecule has 0 N–H and O–H groups in total. The van der Waals surface area contributed by atoms with Crippen molar-refractivity contribution in [2.45, 2.75) is 17.5 Å².